The number of nitrogens with one attached hydrogen (secondary N) is 2. The zero-order valence-corrected chi connectivity index (χ0v) is 11.4. The number of ether oxygens (including phenoxy) is 1. The SMILES string of the molecule is CCC(C)NCC(=O)NC(CCCOC)C(=O)O. The van der Waals surface area contributed by atoms with Crippen LogP contribution in [0.25, 0.3) is 0 Å². The summed E-state index contributed by atoms with van der Waals surface area (Å²) >= 11 is 0. The lowest BCUT2D eigenvalue weighted by Gasteiger charge is -2.16. The van der Waals surface area contributed by atoms with Crippen LogP contribution in [0, 0.1) is 0 Å². The summed E-state index contributed by atoms with van der Waals surface area (Å²) in [5, 5.41) is 14.5. The minimum absolute atomic E-state index is 0.142. The largest absolute Gasteiger partial charge is 0.480 e. The average molecular weight is 260 g/mol. The van der Waals surface area contributed by atoms with Crippen molar-refractivity contribution in [1.82, 2.24) is 10.6 Å². The van der Waals surface area contributed by atoms with Crippen molar-refractivity contribution >= 4 is 11.9 Å². The lowest BCUT2D eigenvalue weighted by atomic mass is 10.1. The van der Waals surface area contributed by atoms with Crippen LogP contribution in [-0.4, -0.2) is 49.3 Å². The molecule has 3 N–H and O–H groups in total. The van der Waals surface area contributed by atoms with E-state index in [2.05, 4.69) is 10.6 Å². The molecule has 0 aromatic rings. The van der Waals surface area contributed by atoms with Crippen molar-refractivity contribution in [3.8, 4) is 0 Å². The van der Waals surface area contributed by atoms with Gasteiger partial charge in [-0.05, 0) is 26.2 Å². The molecule has 0 heterocycles. The highest BCUT2D eigenvalue weighted by Crippen LogP contribution is 1.98. The molecule has 18 heavy (non-hydrogen) atoms. The standard InChI is InChI=1S/C12H24N2O4/c1-4-9(2)13-8-11(15)14-10(12(16)17)6-5-7-18-3/h9-10,13H,4-8H2,1-3H3,(H,14,15)(H,16,17). The summed E-state index contributed by atoms with van der Waals surface area (Å²) < 4.78 is 4.85. The highest BCUT2D eigenvalue weighted by Gasteiger charge is 2.19. The first-order valence-electron chi connectivity index (χ1n) is 6.25. The van der Waals surface area contributed by atoms with E-state index in [1.807, 2.05) is 13.8 Å². The Balaban J connectivity index is 3.99. The van der Waals surface area contributed by atoms with Gasteiger partial charge in [0.15, 0.2) is 0 Å². The topological polar surface area (TPSA) is 87.7 Å². The fraction of sp³-hybridized carbons (Fsp3) is 0.833. The van der Waals surface area contributed by atoms with Crippen molar-refractivity contribution in [2.24, 2.45) is 0 Å². The molecule has 0 saturated heterocycles. The number of hydrogen-bond acceptors (Lipinski definition) is 4. The van der Waals surface area contributed by atoms with Gasteiger partial charge in [0.05, 0.1) is 6.54 Å². The van der Waals surface area contributed by atoms with Crippen LogP contribution < -0.4 is 10.6 Å². The molecule has 2 atom stereocenters. The second-order valence-corrected chi connectivity index (χ2v) is 4.28. The van der Waals surface area contributed by atoms with Gasteiger partial charge in [0, 0.05) is 19.8 Å². The zero-order chi connectivity index (χ0) is 14.0. The monoisotopic (exact) mass is 260 g/mol. The normalized spacial score (nSPS) is 13.9. The minimum atomic E-state index is -1.01. The Kier molecular flexibility index (Phi) is 9.22. The van der Waals surface area contributed by atoms with E-state index in [0.717, 1.165) is 6.42 Å². The van der Waals surface area contributed by atoms with Gasteiger partial charge in [-0.15, -0.1) is 0 Å². The van der Waals surface area contributed by atoms with E-state index in [4.69, 9.17) is 9.84 Å². The molecule has 0 aliphatic heterocycles. The molecule has 6 nitrogen and oxygen atoms in total. The predicted molar refractivity (Wildman–Crippen MR) is 68.4 cm³/mol. The van der Waals surface area contributed by atoms with E-state index >= 15 is 0 Å². The summed E-state index contributed by atoms with van der Waals surface area (Å²) in [6, 6.07) is -0.598. The summed E-state index contributed by atoms with van der Waals surface area (Å²) in [5.41, 5.74) is 0. The second-order valence-electron chi connectivity index (χ2n) is 4.28. The molecule has 0 aromatic carbocycles. The highest BCUT2D eigenvalue weighted by molar-refractivity contribution is 5.84. The van der Waals surface area contributed by atoms with Gasteiger partial charge in [-0.1, -0.05) is 6.92 Å². The van der Waals surface area contributed by atoms with Crippen molar-refractivity contribution in [3.63, 3.8) is 0 Å². The van der Waals surface area contributed by atoms with Gasteiger partial charge in [-0.2, -0.15) is 0 Å². The van der Waals surface area contributed by atoms with Crippen LogP contribution >= 0.6 is 0 Å². The van der Waals surface area contributed by atoms with Crippen LogP contribution in [-0.2, 0) is 14.3 Å². The van der Waals surface area contributed by atoms with Crippen molar-refractivity contribution in [1.29, 1.82) is 0 Å². The Morgan fingerprint density at radius 3 is 2.56 bits per heavy atom. The fourth-order valence-corrected chi connectivity index (χ4v) is 1.35. The van der Waals surface area contributed by atoms with Gasteiger partial charge in [0.1, 0.15) is 6.04 Å². The molecule has 0 rings (SSSR count). The third kappa shape index (κ3) is 8.03. The third-order valence-electron chi connectivity index (χ3n) is 2.70. The van der Waals surface area contributed by atoms with E-state index in [0.29, 0.717) is 19.4 Å². The van der Waals surface area contributed by atoms with Crippen molar-refractivity contribution in [2.45, 2.75) is 45.2 Å². The number of amides is 1. The van der Waals surface area contributed by atoms with Crippen LogP contribution in [0.15, 0.2) is 0 Å². The quantitative estimate of drug-likeness (QED) is 0.494. The first-order chi connectivity index (χ1) is 8.51. The number of carbonyl (C=O) groups is 2. The Bertz CT molecular complexity index is 258. The summed E-state index contributed by atoms with van der Waals surface area (Å²) in [4.78, 5) is 22.5. The third-order valence-corrected chi connectivity index (χ3v) is 2.70. The summed E-state index contributed by atoms with van der Waals surface area (Å²) in [6.45, 7) is 4.62. The first-order valence-corrected chi connectivity index (χ1v) is 6.25. The van der Waals surface area contributed by atoms with Crippen LogP contribution in [0.5, 0.6) is 0 Å². The lowest BCUT2D eigenvalue weighted by Crippen LogP contribution is -2.45. The van der Waals surface area contributed by atoms with Gasteiger partial charge in [0.25, 0.3) is 0 Å². The lowest BCUT2D eigenvalue weighted by molar-refractivity contribution is -0.142. The maximum atomic E-state index is 11.5. The number of rotatable bonds is 10. The molecule has 2 unspecified atom stereocenters. The molecular weight excluding hydrogens is 236 g/mol. The van der Waals surface area contributed by atoms with Gasteiger partial charge in [-0.3, -0.25) is 4.79 Å². The Morgan fingerprint density at radius 2 is 2.06 bits per heavy atom. The minimum Gasteiger partial charge on any atom is -0.480 e. The molecule has 1 amide bonds. The molecule has 6 heteroatoms. The average Bonchev–Trinajstić information content (AvgIpc) is 2.34. The van der Waals surface area contributed by atoms with Crippen molar-refractivity contribution < 1.29 is 19.4 Å². The smallest absolute Gasteiger partial charge is 0.326 e. The predicted octanol–water partition coefficient (Wildman–Crippen LogP) is 0.371. The van der Waals surface area contributed by atoms with Gasteiger partial charge in [0.2, 0.25) is 5.91 Å². The number of carboxylic acid groups (broad SMARTS) is 1. The van der Waals surface area contributed by atoms with Crippen molar-refractivity contribution in [3.05, 3.63) is 0 Å². The fourth-order valence-electron chi connectivity index (χ4n) is 1.35. The molecule has 0 aromatic heterocycles. The zero-order valence-electron chi connectivity index (χ0n) is 11.4. The van der Waals surface area contributed by atoms with Crippen LogP contribution in [0.1, 0.15) is 33.1 Å². The number of carbonyl (C=O) groups excluding carboxylic acids is 1. The molecule has 0 aliphatic rings. The number of hydrogen-bond donors (Lipinski definition) is 3. The van der Waals surface area contributed by atoms with Crippen LogP contribution in [0.3, 0.4) is 0 Å². The molecule has 106 valence electrons. The molecule has 0 spiro atoms. The van der Waals surface area contributed by atoms with E-state index in [1.165, 1.54) is 0 Å². The molecule has 0 radical (unpaired) electrons. The molecule has 0 fully saturated rings. The first kappa shape index (κ1) is 16.9. The van der Waals surface area contributed by atoms with Crippen molar-refractivity contribution in [2.75, 3.05) is 20.3 Å². The van der Waals surface area contributed by atoms with E-state index < -0.39 is 12.0 Å². The van der Waals surface area contributed by atoms with Gasteiger partial charge >= 0.3 is 5.97 Å². The van der Waals surface area contributed by atoms with Gasteiger partial charge < -0.3 is 20.5 Å². The summed E-state index contributed by atoms with van der Waals surface area (Å²) in [6.07, 6.45) is 1.90. The van der Waals surface area contributed by atoms with Crippen LogP contribution in [0.2, 0.25) is 0 Å². The maximum absolute atomic E-state index is 11.5. The number of carboxylic acids is 1. The van der Waals surface area contributed by atoms with E-state index in [9.17, 15) is 9.59 Å². The Labute approximate surface area is 108 Å². The Hall–Kier alpha value is -1.14. The summed E-state index contributed by atoms with van der Waals surface area (Å²) in [5.74, 6) is -1.30. The summed E-state index contributed by atoms with van der Waals surface area (Å²) in [7, 11) is 1.56. The van der Waals surface area contributed by atoms with E-state index in [1.54, 1.807) is 7.11 Å². The maximum Gasteiger partial charge on any atom is 0.326 e. The molecule has 0 bridgehead atoms. The Morgan fingerprint density at radius 1 is 1.39 bits per heavy atom. The van der Waals surface area contributed by atoms with E-state index in [-0.39, 0.29) is 18.5 Å². The second kappa shape index (κ2) is 9.85. The number of aliphatic carboxylic acids is 1. The molecular formula is C12H24N2O4. The molecule has 0 aliphatic carbocycles. The number of methoxy groups -OCH3 is 1. The van der Waals surface area contributed by atoms with Crippen LogP contribution in [0.4, 0.5) is 0 Å². The highest BCUT2D eigenvalue weighted by atomic mass is 16.5. The molecule has 0 saturated carbocycles. The van der Waals surface area contributed by atoms with Gasteiger partial charge in [-0.25, -0.2) is 4.79 Å².